The first-order valence-electron chi connectivity index (χ1n) is 8.95. The number of hydrogen-bond donors (Lipinski definition) is 1. The number of nitriles is 1. The Morgan fingerprint density at radius 3 is 2.50 bits per heavy atom. The molecular formula is C23H17F3N2O2. The lowest BCUT2D eigenvalue weighted by Crippen LogP contribution is -2.13. The number of nitrogens with one attached hydrogen (secondary N) is 1. The molecule has 7 heteroatoms. The first-order chi connectivity index (χ1) is 14.2. The van der Waals surface area contributed by atoms with Crippen LogP contribution in [0.3, 0.4) is 0 Å². The van der Waals surface area contributed by atoms with Crippen molar-refractivity contribution in [3.05, 3.63) is 82.6 Å². The van der Waals surface area contributed by atoms with E-state index < -0.39 is 17.6 Å². The summed E-state index contributed by atoms with van der Waals surface area (Å²) in [5.41, 5.74) is 1.86. The summed E-state index contributed by atoms with van der Waals surface area (Å²) in [4.78, 5) is 12.4. The standard InChI is InChI=1S/C23H17F3N2O2/c1-14-6-7-19(10-15(14)2)28-22(29)17(13-27)12-20-8-9-21(30-20)16-4-3-5-18(11-16)23(24,25)26/h3-12H,1-2H3,(H,28,29). The average Bonchev–Trinajstić information content (AvgIpc) is 3.17. The van der Waals surface area contributed by atoms with Crippen molar-refractivity contribution in [2.75, 3.05) is 5.32 Å². The maximum absolute atomic E-state index is 12.9. The zero-order valence-electron chi connectivity index (χ0n) is 16.2. The van der Waals surface area contributed by atoms with E-state index in [9.17, 15) is 23.2 Å². The number of hydrogen-bond acceptors (Lipinski definition) is 3. The lowest BCUT2D eigenvalue weighted by atomic mass is 10.1. The predicted octanol–water partition coefficient (Wildman–Crippen LogP) is 6.13. The van der Waals surface area contributed by atoms with E-state index in [2.05, 4.69) is 5.32 Å². The molecule has 0 radical (unpaired) electrons. The molecule has 0 aliphatic rings. The van der Waals surface area contributed by atoms with Crippen LogP contribution >= 0.6 is 0 Å². The van der Waals surface area contributed by atoms with E-state index in [1.54, 1.807) is 12.1 Å². The van der Waals surface area contributed by atoms with Crippen molar-refractivity contribution in [3.8, 4) is 17.4 Å². The van der Waals surface area contributed by atoms with Crippen molar-refractivity contribution in [2.45, 2.75) is 20.0 Å². The molecule has 3 rings (SSSR count). The topological polar surface area (TPSA) is 66.0 Å². The van der Waals surface area contributed by atoms with Crippen LogP contribution in [0.25, 0.3) is 17.4 Å². The van der Waals surface area contributed by atoms with E-state index in [1.165, 1.54) is 30.3 Å². The maximum atomic E-state index is 12.9. The first kappa shape index (κ1) is 20.9. The molecule has 152 valence electrons. The molecule has 0 fully saturated rings. The van der Waals surface area contributed by atoms with Crippen molar-refractivity contribution < 1.29 is 22.4 Å². The second kappa shape index (κ2) is 8.29. The van der Waals surface area contributed by atoms with Crippen LogP contribution in [0, 0.1) is 25.2 Å². The molecule has 2 aromatic carbocycles. The largest absolute Gasteiger partial charge is 0.457 e. The zero-order chi connectivity index (χ0) is 21.9. The normalized spacial score (nSPS) is 11.8. The second-order valence-electron chi connectivity index (χ2n) is 6.70. The Morgan fingerprint density at radius 2 is 1.83 bits per heavy atom. The van der Waals surface area contributed by atoms with Gasteiger partial charge in [0.2, 0.25) is 0 Å². The van der Waals surface area contributed by atoms with Crippen LogP contribution in [-0.4, -0.2) is 5.91 Å². The van der Waals surface area contributed by atoms with E-state index in [0.29, 0.717) is 5.69 Å². The summed E-state index contributed by atoms with van der Waals surface area (Å²) in [5, 5.41) is 12.0. The van der Waals surface area contributed by atoms with Crippen LogP contribution < -0.4 is 5.32 Å². The lowest BCUT2D eigenvalue weighted by molar-refractivity contribution is -0.137. The van der Waals surface area contributed by atoms with Crippen LogP contribution in [0.2, 0.25) is 0 Å². The molecule has 0 bridgehead atoms. The van der Waals surface area contributed by atoms with Gasteiger partial charge in [-0.15, -0.1) is 0 Å². The number of carbonyl (C=O) groups excluding carboxylic acids is 1. The lowest BCUT2D eigenvalue weighted by Gasteiger charge is -2.07. The number of furan rings is 1. The van der Waals surface area contributed by atoms with Gasteiger partial charge in [0, 0.05) is 17.3 Å². The SMILES string of the molecule is Cc1ccc(NC(=O)C(C#N)=Cc2ccc(-c3cccc(C(F)(F)F)c3)o2)cc1C. The van der Waals surface area contributed by atoms with Crippen molar-refractivity contribution in [1.29, 1.82) is 5.26 Å². The molecule has 0 aliphatic heterocycles. The van der Waals surface area contributed by atoms with Crippen LogP contribution in [0.1, 0.15) is 22.5 Å². The van der Waals surface area contributed by atoms with E-state index in [0.717, 1.165) is 23.3 Å². The van der Waals surface area contributed by atoms with Gasteiger partial charge < -0.3 is 9.73 Å². The number of carbonyl (C=O) groups is 1. The highest BCUT2D eigenvalue weighted by molar-refractivity contribution is 6.09. The molecule has 1 heterocycles. The molecule has 0 atom stereocenters. The van der Waals surface area contributed by atoms with Crippen LogP contribution in [-0.2, 0) is 11.0 Å². The summed E-state index contributed by atoms with van der Waals surface area (Å²) in [6, 6.07) is 14.9. The van der Waals surface area contributed by atoms with Crippen molar-refractivity contribution in [3.63, 3.8) is 0 Å². The van der Waals surface area contributed by atoms with Gasteiger partial charge in [0.05, 0.1) is 5.56 Å². The number of benzene rings is 2. The Morgan fingerprint density at radius 1 is 1.07 bits per heavy atom. The summed E-state index contributed by atoms with van der Waals surface area (Å²) < 4.78 is 44.2. The molecule has 1 amide bonds. The number of rotatable bonds is 4. The predicted molar refractivity (Wildman–Crippen MR) is 107 cm³/mol. The molecule has 0 unspecified atom stereocenters. The molecule has 0 aliphatic carbocycles. The van der Waals surface area contributed by atoms with Gasteiger partial charge in [0.1, 0.15) is 23.2 Å². The van der Waals surface area contributed by atoms with Gasteiger partial charge >= 0.3 is 6.18 Å². The third-order valence-corrected chi connectivity index (χ3v) is 4.52. The maximum Gasteiger partial charge on any atom is 0.416 e. The van der Waals surface area contributed by atoms with Crippen LogP contribution in [0.5, 0.6) is 0 Å². The van der Waals surface area contributed by atoms with Gasteiger partial charge in [-0.25, -0.2) is 0 Å². The van der Waals surface area contributed by atoms with Gasteiger partial charge in [-0.05, 0) is 61.4 Å². The number of anilines is 1. The Kier molecular flexibility index (Phi) is 5.79. The third-order valence-electron chi connectivity index (χ3n) is 4.52. The van der Waals surface area contributed by atoms with Gasteiger partial charge in [-0.1, -0.05) is 18.2 Å². The summed E-state index contributed by atoms with van der Waals surface area (Å²) >= 11 is 0. The number of amides is 1. The highest BCUT2D eigenvalue weighted by Gasteiger charge is 2.30. The molecule has 0 spiro atoms. The number of halogens is 3. The Labute approximate surface area is 171 Å². The average molecular weight is 410 g/mol. The van der Waals surface area contributed by atoms with Crippen molar-refractivity contribution in [2.24, 2.45) is 0 Å². The zero-order valence-corrected chi connectivity index (χ0v) is 16.2. The fourth-order valence-corrected chi connectivity index (χ4v) is 2.74. The molecule has 4 nitrogen and oxygen atoms in total. The van der Waals surface area contributed by atoms with E-state index >= 15 is 0 Å². The number of alkyl halides is 3. The fraction of sp³-hybridized carbons (Fsp3) is 0.130. The Bertz CT molecular complexity index is 1170. The smallest absolute Gasteiger partial charge is 0.416 e. The highest BCUT2D eigenvalue weighted by atomic mass is 19.4. The number of aryl methyl sites for hydroxylation is 2. The van der Waals surface area contributed by atoms with Crippen LogP contribution in [0.4, 0.5) is 18.9 Å². The van der Waals surface area contributed by atoms with Gasteiger partial charge in [0.25, 0.3) is 5.91 Å². The molecule has 30 heavy (non-hydrogen) atoms. The van der Waals surface area contributed by atoms with Gasteiger partial charge in [-0.3, -0.25) is 4.79 Å². The molecule has 0 saturated heterocycles. The second-order valence-corrected chi connectivity index (χ2v) is 6.70. The monoisotopic (exact) mass is 410 g/mol. The fourth-order valence-electron chi connectivity index (χ4n) is 2.74. The molecule has 3 aromatic rings. The molecule has 1 aromatic heterocycles. The summed E-state index contributed by atoms with van der Waals surface area (Å²) in [6.07, 6.45) is -3.22. The van der Waals surface area contributed by atoms with Crippen LogP contribution in [0.15, 0.2) is 64.6 Å². The molecule has 0 saturated carbocycles. The Balaban J connectivity index is 1.82. The summed E-state index contributed by atoms with van der Waals surface area (Å²) in [7, 11) is 0. The molecule has 1 N–H and O–H groups in total. The highest BCUT2D eigenvalue weighted by Crippen LogP contribution is 2.32. The third kappa shape index (κ3) is 4.78. The Hall–Kier alpha value is -3.79. The summed E-state index contributed by atoms with van der Waals surface area (Å²) in [6.45, 7) is 3.85. The van der Waals surface area contributed by atoms with E-state index in [1.807, 2.05) is 26.0 Å². The molecular weight excluding hydrogens is 393 g/mol. The van der Waals surface area contributed by atoms with E-state index in [-0.39, 0.29) is 22.7 Å². The minimum absolute atomic E-state index is 0.175. The quantitative estimate of drug-likeness (QED) is 0.416. The minimum atomic E-state index is -4.47. The number of nitrogens with zero attached hydrogens (tertiary/aromatic N) is 1. The first-order valence-corrected chi connectivity index (χ1v) is 8.95. The van der Waals surface area contributed by atoms with Crippen molar-refractivity contribution in [1.82, 2.24) is 0 Å². The summed E-state index contributed by atoms with van der Waals surface area (Å²) in [5.74, 6) is -0.244. The van der Waals surface area contributed by atoms with Gasteiger partial charge in [-0.2, -0.15) is 18.4 Å². The van der Waals surface area contributed by atoms with Gasteiger partial charge in [0.15, 0.2) is 0 Å². The van der Waals surface area contributed by atoms with E-state index in [4.69, 9.17) is 4.42 Å². The van der Waals surface area contributed by atoms with Crippen molar-refractivity contribution >= 4 is 17.7 Å². The minimum Gasteiger partial charge on any atom is -0.457 e.